The van der Waals surface area contributed by atoms with Crippen molar-refractivity contribution in [1.82, 2.24) is 0 Å². The molecule has 1 aliphatic carbocycles. The van der Waals surface area contributed by atoms with E-state index < -0.39 is 34.4 Å². The SMILES string of the molecule is [CH2]c1c(F)c(F)c(CC2CC2)c(F)c1F. The first kappa shape index (κ1) is 10.5. The number of benzene rings is 1. The van der Waals surface area contributed by atoms with Crippen LogP contribution < -0.4 is 0 Å². The van der Waals surface area contributed by atoms with Crippen molar-refractivity contribution < 1.29 is 17.6 Å². The molecule has 0 nitrogen and oxygen atoms in total. The lowest BCUT2D eigenvalue weighted by Gasteiger charge is -2.08. The third kappa shape index (κ3) is 1.73. The van der Waals surface area contributed by atoms with Gasteiger partial charge in [-0.1, -0.05) is 0 Å². The quantitative estimate of drug-likeness (QED) is 0.526. The Morgan fingerprint density at radius 3 is 1.80 bits per heavy atom. The maximum Gasteiger partial charge on any atom is 0.165 e. The Morgan fingerprint density at radius 1 is 0.933 bits per heavy atom. The smallest absolute Gasteiger partial charge is 0.165 e. The molecule has 0 N–H and O–H groups in total. The summed E-state index contributed by atoms with van der Waals surface area (Å²) in [7, 11) is 0. The molecular weight excluding hydrogens is 208 g/mol. The fourth-order valence-electron chi connectivity index (χ4n) is 1.51. The van der Waals surface area contributed by atoms with E-state index in [-0.39, 0.29) is 12.3 Å². The molecule has 15 heavy (non-hydrogen) atoms. The van der Waals surface area contributed by atoms with Gasteiger partial charge in [0.1, 0.15) is 0 Å². The Kier molecular flexibility index (Phi) is 2.44. The summed E-state index contributed by atoms with van der Waals surface area (Å²) in [5.41, 5.74) is -1.33. The number of rotatable bonds is 2. The van der Waals surface area contributed by atoms with E-state index in [9.17, 15) is 17.6 Å². The lowest BCUT2D eigenvalue weighted by atomic mass is 10.0. The van der Waals surface area contributed by atoms with E-state index in [1.165, 1.54) is 0 Å². The fourth-order valence-corrected chi connectivity index (χ4v) is 1.51. The molecular formula is C11H9F4. The lowest BCUT2D eigenvalue weighted by molar-refractivity contribution is 0.431. The average Bonchev–Trinajstić information content (AvgIpc) is 3.02. The Hall–Kier alpha value is -1.06. The molecule has 1 aliphatic rings. The van der Waals surface area contributed by atoms with Crippen LogP contribution in [0, 0.1) is 36.1 Å². The largest absolute Gasteiger partial charge is 0.203 e. The highest BCUT2D eigenvalue weighted by molar-refractivity contribution is 5.32. The average molecular weight is 217 g/mol. The van der Waals surface area contributed by atoms with Crippen LogP contribution >= 0.6 is 0 Å². The summed E-state index contributed by atoms with van der Waals surface area (Å²) in [6, 6.07) is 0. The van der Waals surface area contributed by atoms with Crippen LogP contribution in [0.2, 0.25) is 0 Å². The van der Waals surface area contributed by atoms with E-state index in [0.717, 1.165) is 12.8 Å². The molecule has 0 bridgehead atoms. The molecule has 81 valence electrons. The van der Waals surface area contributed by atoms with Gasteiger partial charge in [-0.3, -0.25) is 0 Å². The maximum absolute atomic E-state index is 13.3. The first-order valence-corrected chi connectivity index (χ1v) is 4.69. The van der Waals surface area contributed by atoms with E-state index >= 15 is 0 Å². The zero-order chi connectivity index (χ0) is 11.2. The van der Waals surface area contributed by atoms with Gasteiger partial charge in [0.25, 0.3) is 0 Å². The van der Waals surface area contributed by atoms with Crippen LogP contribution in [-0.4, -0.2) is 0 Å². The van der Waals surface area contributed by atoms with Gasteiger partial charge in [-0.2, -0.15) is 0 Å². The predicted octanol–water partition coefficient (Wildman–Crippen LogP) is 3.38. The third-order valence-corrected chi connectivity index (χ3v) is 2.63. The molecule has 1 fully saturated rings. The molecule has 0 atom stereocenters. The molecule has 0 aromatic heterocycles. The van der Waals surface area contributed by atoms with Crippen LogP contribution in [-0.2, 0) is 6.42 Å². The minimum absolute atomic E-state index is 0.0613. The second-order valence-corrected chi connectivity index (χ2v) is 3.86. The lowest BCUT2D eigenvalue weighted by Crippen LogP contribution is -2.07. The molecule has 0 saturated heterocycles. The van der Waals surface area contributed by atoms with Gasteiger partial charge >= 0.3 is 0 Å². The normalized spacial score (nSPS) is 15.8. The molecule has 0 spiro atoms. The van der Waals surface area contributed by atoms with Crippen molar-refractivity contribution in [2.24, 2.45) is 5.92 Å². The summed E-state index contributed by atoms with van der Waals surface area (Å²) in [5, 5.41) is 0. The molecule has 1 radical (unpaired) electrons. The van der Waals surface area contributed by atoms with Crippen LogP contribution in [0.1, 0.15) is 24.0 Å². The molecule has 0 amide bonds. The monoisotopic (exact) mass is 217 g/mol. The van der Waals surface area contributed by atoms with Crippen LogP contribution in [0.15, 0.2) is 0 Å². The molecule has 1 saturated carbocycles. The summed E-state index contributed by atoms with van der Waals surface area (Å²) in [5.74, 6) is -5.21. The van der Waals surface area contributed by atoms with Gasteiger partial charge in [0.15, 0.2) is 23.3 Å². The van der Waals surface area contributed by atoms with E-state index in [2.05, 4.69) is 6.92 Å². The minimum Gasteiger partial charge on any atom is -0.203 e. The van der Waals surface area contributed by atoms with Gasteiger partial charge in [-0.25, -0.2) is 17.6 Å². The Balaban J connectivity index is 2.51. The van der Waals surface area contributed by atoms with Gasteiger partial charge < -0.3 is 0 Å². The molecule has 1 aromatic carbocycles. The molecule has 4 heteroatoms. The zero-order valence-electron chi connectivity index (χ0n) is 7.92. The van der Waals surface area contributed by atoms with Gasteiger partial charge in [0, 0.05) is 11.1 Å². The van der Waals surface area contributed by atoms with Crippen LogP contribution in [0.5, 0.6) is 0 Å². The van der Waals surface area contributed by atoms with Crippen molar-refractivity contribution in [3.8, 4) is 0 Å². The van der Waals surface area contributed by atoms with E-state index in [1.807, 2.05) is 0 Å². The first-order chi connectivity index (χ1) is 7.02. The van der Waals surface area contributed by atoms with Crippen molar-refractivity contribution in [3.63, 3.8) is 0 Å². The number of hydrogen-bond donors (Lipinski definition) is 0. The van der Waals surface area contributed by atoms with Crippen molar-refractivity contribution in [1.29, 1.82) is 0 Å². The minimum atomic E-state index is -1.38. The van der Waals surface area contributed by atoms with Gasteiger partial charge in [0.05, 0.1) is 0 Å². The highest BCUT2D eigenvalue weighted by Gasteiger charge is 2.29. The van der Waals surface area contributed by atoms with Crippen molar-refractivity contribution >= 4 is 0 Å². The van der Waals surface area contributed by atoms with E-state index in [0.29, 0.717) is 0 Å². The number of hydrogen-bond acceptors (Lipinski definition) is 0. The highest BCUT2D eigenvalue weighted by Crippen LogP contribution is 2.35. The summed E-state index contributed by atoms with van der Waals surface area (Å²) in [4.78, 5) is 0. The second-order valence-electron chi connectivity index (χ2n) is 3.86. The zero-order valence-corrected chi connectivity index (χ0v) is 7.92. The van der Waals surface area contributed by atoms with E-state index in [1.54, 1.807) is 0 Å². The summed E-state index contributed by atoms with van der Waals surface area (Å²) in [6.07, 6.45) is 1.77. The van der Waals surface area contributed by atoms with Crippen molar-refractivity contribution in [3.05, 3.63) is 41.3 Å². The molecule has 0 heterocycles. The van der Waals surface area contributed by atoms with Crippen molar-refractivity contribution in [2.45, 2.75) is 19.3 Å². The topological polar surface area (TPSA) is 0 Å². The first-order valence-electron chi connectivity index (χ1n) is 4.69. The molecule has 2 rings (SSSR count). The standard InChI is InChI=1S/C11H9F4/c1-5-8(12)10(14)7(4-6-2-3-6)11(15)9(5)13/h6H,1-4H2. The summed E-state index contributed by atoms with van der Waals surface area (Å²) < 4.78 is 52.7. The van der Waals surface area contributed by atoms with Crippen LogP contribution in [0.25, 0.3) is 0 Å². The summed E-state index contributed by atoms with van der Waals surface area (Å²) >= 11 is 0. The van der Waals surface area contributed by atoms with Crippen LogP contribution in [0.4, 0.5) is 17.6 Å². The second kappa shape index (κ2) is 3.51. The van der Waals surface area contributed by atoms with Crippen molar-refractivity contribution in [2.75, 3.05) is 0 Å². The Labute approximate surface area is 84.9 Å². The van der Waals surface area contributed by atoms with E-state index in [4.69, 9.17) is 0 Å². The molecule has 1 aromatic rings. The van der Waals surface area contributed by atoms with Gasteiger partial charge in [-0.05, 0) is 32.1 Å². The summed E-state index contributed by atoms with van der Waals surface area (Å²) in [6.45, 7) is 2.95. The molecule has 0 unspecified atom stereocenters. The Bertz CT molecular complexity index is 379. The highest BCUT2D eigenvalue weighted by atomic mass is 19.2. The van der Waals surface area contributed by atoms with Gasteiger partial charge in [-0.15, -0.1) is 0 Å². The third-order valence-electron chi connectivity index (χ3n) is 2.63. The van der Waals surface area contributed by atoms with Gasteiger partial charge in [0.2, 0.25) is 0 Å². The fraction of sp³-hybridized carbons (Fsp3) is 0.364. The number of halogens is 4. The maximum atomic E-state index is 13.3. The molecule has 0 aliphatic heterocycles. The van der Waals surface area contributed by atoms with Crippen LogP contribution in [0.3, 0.4) is 0 Å². The Morgan fingerprint density at radius 2 is 1.40 bits per heavy atom. The predicted molar refractivity (Wildman–Crippen MR) is 47.2 cm³/mol.